The van der Waals surface area contributed by atoms with Crippen LogP contribution in [-0.2, 0) is 11.3 Å². The topological polar surface area (TPSA) is 46.1 Å². The van der Waals surface area contributed by atoms with Crippen molar-refractivity contribution in [1.82, 2.24) is 10.2 Å². The average molecular weight is 351 g/mol. The van der Waals surface area contributed by atoms with E-state index >= 15 is 0 Å². The first-order valence-electron chi connectivity index (χ1n) is 9.12. The van der Waals surface area contributed by atoms with Crippen molar-refractivity contribution in [2.75, 3.05) is 40.0 Å². The lowest BCUT2D eigenvalue weighted by Gasteiger charge is -2.22. The summed E-state index contributed by atoms with van der Waals surface area (Å²) in [6, 6.07) is 4.99. The molecule has 0 spiro atoms. The van der Waals surface area contributed by atoms with Crippen LogP contribution in [0.1, 0.15) is 32.3 Å². The lowest BCUT2D eigenvalue weighted by molar-refractivity contribution is 0.115. The molecule has 0 bridgehead atoms. The number of nitrogens with zero attached hydrogens (tertiary/aromatic N) is 2. The number of hydrogen-bond acceptors (Lipinski definition) is 3. The summed E-state index contributed by atoms with van der Waals surface area (Å²) in [7, 11) is 1.99. The number of ether oxygens (including phenoxy) is 2. The van der Waals surface area contributed by atoms with Gasteiger partial charge in [0.2, 0.25) is 0 Å². The maximum atomic E-state index is 13.9. The Morgan fingerprint density at radius 1 is 1.36 bits per heavy atom. The van der Waals surface area contributed by atoms with Gasteiger partial charge in [-0.1, -0.05) is 6.07 Å². The van der Waals surface area contributed by atoms with E-state index < -0.39 is 0 Å². The molecule has 1 N–H and O–H groups in total. The molecule has 0 aliphatic heterocycles. The van der Waals surface area contributed by atoms with E-state index in [2.05, 4.69) is 10.3 Å². The number of halogens is 1. The fourth-order valence-corrected chi connectivity index (χ4v) is 2.39. The standard InChI is InChI=1S/C19H30FN3O2/c1-4-21-19(23(3)10-11-24-14-15-6-7-15)22-13-16-8-9-18(25-5-2)17(20)12-16/h8-9,12,15H,4-7,10-11,13-14H2,1-3H3,(H,21,22). The summed E-state index contributed by atoms with van der Waals surface area (Å²) in [4.78, 5) is 6.64. The van der Waals surface area contributed by atoms with Crippen molar-refractivity contribution in [3.05, 3.63) is 29.6 Å². The van der Waals surface area contributed by atoms with Gasteiger partial charge in [0.1, 0.15) is 0 Å². The van der Waals surface area contributed by atoms with Crippen molar-refractivity contribution < 1.29 is 13.9 Å². The summed E-state index contributed by atoms with van der Waals surface area (Å²) in [6.45, 7) is 7.85. The van der Waals surface area contributed by atoms with Gasteiger partial charge in [-0.25, -0.2) is 9.38 Å². The van der Waals surface area contributed by atoms with E-state index in [4.69, 9.17) is 9.47 Å². The number of nitrogens with one attached hydrogen (secondary N) is 1. The van der Waals surface area contributed by atoms with Gasteiger partial charge in [-0.2, -0.15) is 0 Å². The molecule has 1 saturated carbocycles. The summed E-state index contributed by atoms with van der Waals surface area (Å²) < 4.78 is 24.8. The molecule has 0 amide bonds. The minimum atomic E-state index is -0.346. The van der Waals surface area contributed by atoms with E-state index in [1.165, 1.54) is 18.9 Å². The van der Waals surface area contributed by atoms with Crippen LogP contribution in [0.3, 0.4) is 0 Å². The summed E-state index contributed by atoms with van der Waals surface area (Å²) in [5.74, 6) is 1.52. The number of benzene rings is 1. The minimum Gasteiger partial charge on any atom is -0.491 e. The Balaban J connectivity index is 1.87. The summed E-state index contributed by atoms with van der Waals surface area (Å²) >= 11 is 0. The van der Waals surface area contributed by atoms with Crippen LogP contribution in [0.2, 0.25) is 0 Å². The molecule has 1 aromatic rings. The summed E-state index contributed by atoms with van der Waals surface area (Å²) in [6.07, 6.45) is 2.61. The molecule has 2 rings (SSSR count). The van der Waals surface area contributed by atoms with Gasteiger partial charge in [-0.15, -0.1) is 0 Å². The van der Waals surface area contributed by atoms with Crippen molar-refractivity contribution in [3.63, 3.8) is 0 Å². The third-order valence-electron chi connectivity index (χ3n) is 4.03. The largest absolute Gasteiger partial charge is 0.491 e. The van der Waals surface area contributed by atoms with Gasteiger partial charge in [0.05, 0.1) is 19.8 Å². The van der Waals surface area contributed by atoms with Gasteiger partial charge in [-0.05, 0) is 50.3 Å². The highest BCUT2D eigenvalue weighted by Crippen LogP contribution is 2.28. The van der Waals surface area contributed by atoms with E-state index in [0.717, 1.165) is 37.1 Å². The van der Waals surface area contributed by atoms with E-state index in [1.807, 2.05) is 31.9 Å². The molecule has 0 atom stereocenters. The average Bonchev–Trinajstić information content (AvgIpc) is 3.42. The molecule has 1 fully saturated rings. The first kappa shape index (κ1) is 19.5. The Kier molecular flexibility index (Phi) is 7.98. The molecule has 6 heteroatoms. The van der Waals surface area contributed by atoms with Gasteiger partial charge in [-0.3, -0.25) is 0 Å². The van der Waals surface area contributed by atoms with Crippen LogP contribution in [0.5, 0.6) is 5.75 Å². The summed E-state index contributed by atoms with van der Waals surface area (Å²) in [5.41, 5.74) is 0.815. The number of hydrogen-bond donors (Lipinski definition) is 1. The number of aliphatic imine (C=N–C) groups is 1. The van der Waals surface area contributed by atoms with Crippen LogP contribution in [0, 0.1) is 11.7 Å². The van der Waals surface area contributed by atoms with E-state index in [-0.39, 0.29) is 11.6 Å². The molecule has 1 aliphatic carbocycles. The number of rotatable bonds is 10. The Bertz CT molecular complexity index is 562. The Morgan fingerprint density at radius 2 is 2.16 bits per heavy atom. The Morgan fingerprint density at radius 3 is 2.80 bits per heavy atom. The van der Waals surface area contributed by atoms with Crippen LogP contribution >= 0.6 is 0 Å². The van der Waals surface area contributed by atoms with E-state index in [0.29, 0.717) is 19.8 Å². The number of likely N-dealkylation sites (N-methyl/N-ethyl adjacent to an activating group) is 1. The van der Waals surface area contributed by atoms with E-state index in [1.54, 1.807) is 6.07 Å². The highest BCUT2D eigenvalue weighted by atomic mass is 19.1. The Hall–Kier alpha value is -1.82. The molecular formula is C19H30FN3O2. The lowest BCUT2D eigenvalue weighted by Crippen LogP contribution is -2.40. The van der Waals surface area contributed by atoms with Gasteiger partial charge in [0, 0.05) is 26.7 Å². The third-order valence-corrected chi connectivity index (χ3v) is 4.03. The van der Waals surface area contributed by atoms with E-state index in [9.17, 15) is 4.39 Å². The van der Waals surface area contributed by atoms with Gasteiger partial charge in [0.15, 0.2) is 17.5 Å². The molecule has 1 aliphatic rings. The first-order chi connectivity index (χ1) is 12.1. The SMILES string of the molecule is CCNC(=NCc1ccc(OCC)c(F)c1)N(C)CCOCC1CC1. The molecule has 1 aromatic carbocycles. The molecule has 5 nitrogen and oxygen atoms in total. The summed E-state index contributed by atoms with van der Waals surface area (Å²) in [5, 5.41) is 3.26. The zero-order valence-electron chi connectivity index (χ0n) is 15.6. The second-order valence-electron chi connectivity index (χ2n) is 6.31. The highest BCUT2D eigenvalue weighted by Gasteiger charge is 2.21. The van der Waals surface area contributed by atoms with Crippen LogP contribution in [0.4, 0.5) is 4.39 Å². The lowest BCUT2D eigenvalue weighted by atomic mass is 10.2. The van der Waals surface area contributed by atoms with Crippen LogP contribution < -0.4 is 10.1 Å². The molecule has 0 saturated heterocycles. The Labute approximate surface area is 150 Å². The second-order valence-corrected chi connectivity index (χ2v) is 6.31. The van der Waals surface area contributed by atoms with Crippen molar-refractivity contribution >= 4 is 5.96 Å². The monoisotopic (exact) mass is 351 g/mol. The number of guanidine groups is 1. The van der Waals surface area contributed by atoms with Crippen LogP contribution in [0.15, 0.2) is 23.2 Å². The van der Waals surface area contributed by atoms with Crippen molar-refractivity contribution in [2.45, 2.75) is 33.2 Å². The van der Waals surface area contributed by atoms with Crippen molar-refractivity contribution in [3.8, 4) is 5.75 Å². The van der Waals surface area contributed by atoms with Crippen molar-refractivity contribution in [1.29, 1.82) is 0 Å². The zero-order valence-corrected chi connectivity index (χ0v) is 15.6. The quantitative estimate of drug-likeness (QED) is 0.400. The second kappa shape index (κ2) is 10.2. The van der Waals surface area contributed by atoms with Gasteiger partial charge in [0.25, 0.3) is 0 Å². The third kappa shape index (κ3) is 6.90. The van der Waals surface area contributed by atoms with Crippen LogP contribution in [0.25, 0.3) is 0 Å². The minimum absolute atomic E-state index is 0.284. The fourth-order valence-electron chi connectivity index (χ4n) is 2.39. The molecule has 140 valence electrons. The van der Waals surface area contributed by atoms with Gasteiger partial charge >= 0.3 is 0 Å². The maximum Gasteiger partial charge on any atom is 0.194 e. The van der Waals surface area contributed by atoms with Crippen LogP contribution in [-0.4, -0.2) is 50.8 Å². The molecule has 0 aromatic heterocycles. The predicted octanol–water partition coefficient (Wildman–Crippen LogP) is 3.05. The molecule has 0 heterocycles. The van der Waals surface area contributed by atoms with Crippen molar-refractivity contribution in [2.24, 2.45) is 10.9 Å². The molecule has 25 heavy (non-hydrogen) atoms. The smallest absolute Gasteiger partial charge is 0.194 e. The maximum absolute atomic E-state index is 13.9. The predicted molar refractivity (Wildman–Crippen MR) is 98.6 cm³/mol. The fraction of sp³-hybridized carbons (Fsp3) is 0.632. The highest BCUT2D eigenvalue weighted by molar-refractivity contribution is 5.79. The normalized spacial score (nSPS) is 14.5. The zero-order chi connectivity index (χ0) is 18.1. The molecule has 0 radical (unpaired) electrons. The first-order valence-corrected chi connectivity index (χ1v) is 9.12. The van der Waals surface area contributed by atoms with Gasteiger partial charge < -0.3 is 19.7 Å². The molecule has 0 unspecified atom stereocenters. The molecular weight excluding hydrogens is 321 g/mol.